The van der Waals surface area contributed by atoms with Crippen molar-refractivity contribution < 1.29 is 14.7 Å². The molecule has 7 heteroatoms. The van der Waals surface area contributed by atoms with Gasteiger partial charge in [0.15, 0.2) is 0 Å². The summed E-state index contributed by atoms with van der Waals surface area (Å²) in [5, 5.41) is 12.1. The van der Waals surface area contributed by atoms with Gasteiger partial charge in [0, 0.05) is 23.1 Å². The molecule has 1 N–H and O–H groups in total. The summed E-state index contributed by atoms with van der Waals surface area (Å²) < 4.78 is 0. The number of amides is 1. The lowest BCUT2D eigenvalue weighted by molar-refractivity contribution is -0.147. The average molecular weight is 194 g/mol. The molecule has 0 aliphatic carbocycles. The molecule has 0 aromatic rings. The Morgan fingerprint density at radius 3 is 2.86 bits per heavy atom. The lowest BCUT2D eigenvalue weighted by Crippen LogP contribution is -2.49. The van der Waals surface area contributed by atoms with Crippen LogP contribution in [0.4, 0.5) is 0 Å². The molecular formula is C7H6N4O3. The van der Waals surface area contributed by atoms with Crippen LogP contribution in [0.25, 0.3) is 10.4 Å². The Morgan fingerprint density at radius 1 is 1.64 bits per heavy atom. The number of carboxylic acid groups (broad SMARTS) is 1. The van der Waals surface area contributed by atoms with Crippen LogP contribution in [0, 0.1) is 0 Å². The van der Waals surface area contributed by atoms with Gasteiger partial charge in [-0.25, -0.2) is 4.79 Å². The minimum atomic E-state index is -1.22. The monoisotopic (exact) mass is 194 g/mol. The summed E-state index contributed by atoms with van der Waals surface area (Å²) >= 11 is 0. The number of carbonyl (C=O) groups is 2. The van der Waals surface area contributed by atoms with Crippen molar-refractivity contribution in [3.63, 3.8) is 0 Å². The first-order valence-electron chi connectivity index (χ1n) is 3.98. The standard InChI is InChI=1S/C7H6N4O3/c8-10-9-4-1-3-2-5(12)11(3)6(4)7(13)14/h3H,1-2H2,(H,13,14)/t3-/m1/s1. The van der Waals surface area contributed by atoms with E-state index in [0.29, 0.717) is 12.8 Å². The summed E-state index contributed by atoms with van der Waals surface area (Å²) in [6.45, 7) is 0. The molecular weight excluding hydrogens is 188 g/mol. The van der Waals surface area contributed by atoms with E-state index in [-0.39, 0.29) is 23.3 Å². The third kappa shape index (κ3) is 0.961. The van der Waals surface area contributed by atoms with Gasteiger partial charge in [0.2, 0.25) is 5.91 Å². The molecule has 0 unspecified atom stereocenters. The third-order valence-corrected chi connectivity index (χ3v) is 2.36. The zero-order valence-electron chi connectivity index (χ0n) is 7.04. The van der Waals surface area contributed by atoms with Crippen molar-refractivity contribution in [3.8, 4) is 0 Å². The van der Waals surface area contributed by atoms with Gasteiger partial charge in [0.25, 0.3) is 0 Å². The van der Waals surface area contributed by atoms with E-state index < -0.39 is 5.97 Å². The maximum atomic E-state index is 11.1. The maximum absolute atomic E-state index is 11.1. The molecule has 2 heterocycles. The van der Waals surface area contributed by atoms with E-state index in [2.05, 4.69) is 10.0 Å². The number of nitrogens with zero attached hydrogens (tertiary/aromatic N) is 4. The highest BCUT2D eigenvalue weighted by Gasteiger charge is 2.47. The first kappa shape index (κ1) is 8.58. The van der Waals surface area contributed by atoms with Crippen molar-refractivity contribution in [2.45, 2.75) is 18.9 Å². The van der Waals surface area contributed by atoms with Gasteiger partial charge in [-0.05, 0) is 12.0 Å². The molecule has 1 atom stereocenters. The third-order valence-electron chi connectivity index (χ3n) is 2.36. The zero-order valence-corrected chi connectivity index (χ0v) is 7.04. The molecule has 2 rings (SSSR count). The second-order valence-corrected chi connectivity index (χ2v) is 3.12. The number of hydrogen-bond donors (Lipinski definition) is 1. The summed E-state index contributed by atoms with van der Waals surface area (Å²) in [7, 11) is 0. The SMILES string of the molecule is [N-]=[N+]=NC1=C(C(=O)O)N2C(=O)C[C@H]2C1. The summed E-state index contributed by atoms with van der Waals surface area (Å²) in [5.41, 5.74) is 8.20. The fourth-order valence-electron chi connectivity index (χ4n) is 1.78. The van der Waals surface area contributed by atoms with Crippen LogP contribution in [-0.2, 0) is 9.59 Å². The van der Waals surface area contributed by atoms with Crippen LogP contribution < -0.4 is 0 Å². The number of fused-ring (bicyclic) bond motifs is 1. The summed E-state index contributed by atoms with van der Waals surface area (Å²) in [6, 6.07) is -0.117. The van der Waals surface area contributed by atoms with Gasteiger partial charge in [-0.15, -0.1) is 0 Å². The lowest BCUT2D eigenvalue weighted by Gasteiger charge is -2.35. The second kappa shape index (κ2) is 2.74. The van der Waals surface area contributed by atoms with Crippen molar-refractivity contribution in [3.05, 3.63) is 21.8 Å². The van der Waals surface area contributed by atoms with E-state index in [1.807, 2.05) is 0 Å². The topological polar surface area (TPSA) is 106 Å². The van der Waals surface area contributed by atoms with E-state index >= 15 is 0 Å². The number of carbonyl (C=O) groups excluding carboxylic acids is 1. The number of β-lactam (4-membered cyclic amide) rings is 1. The Labute approximate surface area is 78.2 Å². The van der Waals surface area contributed by atoms with Gasteiger partial charge < -0.3 is 10.0 Å². The van der Waals surface area contributed by atoms with Crippen LogP contribution in [0.1, 0.15) is 12.8 Å². The Balaban J connectivity index is 2.42. The smallest absolute Gasteiger partial charge is 0.352 e. The van der Waals surface area contributed by atoms with E-state index in [1.54, 1.807) is 0 Å². The molecule has 7 nitrogen and oxygen atoms in total. The van der Waals surface area contributed by atoms with Crippen LogP contribution in [0.2, 0.25) is 0 Å². The Kier molecular flexibility index (Phi) is 1.68. The zero-order chi connectivity index (χ0) is 10.3. The molecule has 0 aromatic carbocycles. The van der Waals surface area contributed by atoms with Gasteiger partial charge >= 0.3 is 5.97 Å². The number of hydrogen-bond acceptors (Lipinski definition) is 3. The molecule has 72 valence electrons. The largest absolute Gasteiger partial charge is 0.477 e. The van der Waals surface area contributed by atoms with E-state index in [1.165, 1.54) is 4.90 Å². The van der Waals surface area contributed by atoms with Gasteiger partial charge in [-0.3, -0.25) is 4.79 Å². The number of carboxylic acids is 1. The van der Waals surface area contributed by atoms with Gasteiger partial charge in [-0.1, -0.05) is 5.11 Å². The van der Waals surface area contributed by atoms with E-state index in [9.17, 15) is 9.59 Å². The maximum Gasteiger partial charge on any atom is 0.352 e. The minimum absolute atomic E-state index is 0.117. The normalized spacial score (nSPS) is 24.1. The molecule has 0 saturated carbocycles. The quantitative estimate of drug-likeness (QED) is 0.301. The van der Waals surface area contributed by atoms with Crippen LogP contribution in [-0.4, -0.2) is 27.9 Å². The number of azide groups is 1. The van der Waals surface area contributed by atoms with E-state index in [0.717, 1.165) is 0 Å². The van der Waals surface area contributed by atoms with E-state index in [4.69, 9.17) is 10.6 Å². The molecule has 2 aliphatic heterocycles. The molecule has 0 radical (unpaired) electrons. The van der Waals surface area contributed by atoms with Gasteiger partial charge in [0.05, 0.1) is 0 Å². The van der Waals surface area contributed by atoms with Crippen LogP contribution in [0.5, 0.6) is 0 Å². The Bertz CT molecular complexity index is 407. The minimum Gasteiger partial charge on any atom is -0.477 e. The molecule has 0 spiro atoms. The first-order chi connectivity index (χ1) is 6.65. The fraction of sp³-hybridized carbons (Fsp3) is 0.429. The van der Waals surface area contributed by atoms with Crippen LogP contribution >= 0.6 is 0 Å². The highest BCUT2D eigenvalue weighted by Crippen LogP contribution is 2.38. The summed E-state index contributed by atoms with van der Waals surface area (Å²) in [6.07, 6.45) is 0.679. The van der Waals surface area contributed by atoms with Crippen molar-refractivity contribution in [1.82, 2.24) is 4.90 Å². The molecule has 1 fully saturated rings. The van der Waals surface area contributed by atoms with Crippen LogP contribution in [0.3, 0.4) is 0 Å². The number of aliphatic carboxylic acids is 1. The highest BCUT2D eigenvalue weighted by atomic mass is 16.4. The van der Waals surface area contributed by atoms with Crippen LogP contribution in [0.15, 0.2) is 16.5 Å². The van der Waals surface area contributed by atoms with Crippen molar-refractivity contribution >= 4 is 11.9 Å². The summed E-state index contributed by atoms with van der Waals surface area (Å²) in [4.78, 5) is 25.6. The second-order valence-electron chi connectivity index (χ2n) is 3.12. The highest BCUT2D eigenvalue weighted by molar-refractivity contribution is 5.98. The predicted octanol–water partition coefficient (Wildman–Crippen LogP) is 0.597. The van der Waals surface area contributed by atoms with Crippen molar-refractivity contribution in [2.24, 2.45) is 5.11 Å². The molecule has 0 aromatic heterocycles. The lowest BCUT2D eigenvalue weighted by atomic mass is 10.0. The van der Waals surface area contributed by atoms with Gasteiger partial charge in [0.1, 0.15) is 5.70 Å². The van der Waals surface area contributed by atoms with Gasteiger partial charge in [-0.2, -0.15) is 0 Å². The van der Waals surface area contributed by atoms with Crippen molar-refractivity contribution in [1.29, 1.82) is 0 Å². The average Bonchev–Trinajstić information content (AvgIpc) is 2.39. The summed E-state index contributed by atoms with van der Waals surface area (Å²) in [5.74, 6) is -1.45. The van der Waals surface area contributed by atoms with Crippen molar-refractivity contribution in [2.75, 3.05) is 0 Å². The molecule has 0 bridgehead atoms. The fourth-order valence-corrected chi connectivity index (χ4v) is 1.78. The Hall–Kier alpha value is -2.01. The molecule has 2 aliphatic rings. The first-order valence-corrected chi connectivity index (χ1v) is 3.98. The molecule has 1 saturated heterocycles. The Morgan fingerprint density at radius 2 is 2.36 bits per heavy atom. The molecule has 1 amide bonds. The number of rotatable bonds is 2. The molecule has 14 heavy (non-hydrogen) atoms. The predicted molar refractivity (Wildman–Crippen MR) is 43.7 cm³/mol.